The van der Waals surface area contributed by atoms with Crippen LogP contribution in [0.3, 0.4) is 0 Å². The lowest BCUT2D eigenvalue weighted by atomic mass is 9.78. The molecule has 4 aromatic carbocycles. The molecule has 6 rings (SSSR count). The van der Waals surface area contributed by atoms with Gasteiger partial charge in [0.1, 0.15) is 11.2 Å². The summed E-state index contributed by atoms with van der Waals surface area (Å²) < 4.78 is 6.14. The molecule has 0 unspecified atom stereocenters. The highest BCUT2D eigenvalue weighted by atomic mass is 35.5. The maximum absolute atomic E-state index is 6.21. The second kappa shape index (κ2) is 5.75. The van der Waals surface area contributed by atoms with Gasteiger partial charge in [0.25, 0.3) is 0 Å². The fraction of sp³-hybridized carbons (Fsp3) is 0.111. The fourth-order valence-electron chi connectivity index (χ4n) is 5.10. The largest absolute Gasteiger partial charge is 0.456 e. The Balaban J connectivity index is 1.72. The third-order valence-corrected chi connectivity index (χ3v) is 6.56. The van der Waals surface area contributed by atoms with Gasteiger partial charge in [0.2, 0.25) is 0 Å². The molecule has 0 spiro atoms. The van der Waals surface area contributed by atoms with Gasteiger partial charge in [0.15, 0.2) is 0 Å². The molecule has 29 heavy (non-hydrogen) atoms. The van der Waals surface area contributed by atoms with Gasteiger partial charge in [-0.2, -0.15) is 0 Å². The molecule has 1 heterocycles. The lowest BCUT2D eigenvalue weighted by molar-refractivity contribution is 0.662. The van der Waals surface area contributed by atoms with E-state index in [9.17, 15) is 0 Å². The lowest BCUT2D eigenvalue weighted by Gasteiger charge is -2.24. The van der Waals surface area contributed by atoms with Gasteiger partial charge >= 0.3 is 0 Å². The molecule has 0 aliphatic heterocycles. The van der Waals surface area contributed by atoms with E-state index >= 15 is 0 Å². The van der Waals surface area contributed by atoms with Crippen molar-refractivity contribution in [2.45, 2.75) is 19.3 Å². The Labute approximate surface area is 174 Å². The monoisotopic (exact) mass is 394 g/mol. The van der Waals surface area contributed by atoms with E-state index in [4.69, 9.17) is 16.0 Å². The van der Waals surface area contributed by atoms with Crippen molar-refractivity contribution in [3.63, 3.8) is 0 Å². The molecule has 0 N–H and O–H groups in total. The molecule has 0 bridgehead atoms. The summed E-state index contributed by atoms with van der Waals surface area (Å²) in [6.07, 6.45) is 0. The first-order valence-electron chi connectivity index (χ1n) is 9.90. The van der Waals surface area contributed by atoms with Crippen molar-refractivity contribution in [3.8, 4) is 22.3 Å². The molecule has 1 aromatic heterocycles. The van der Waals surface area contributed by atoms with Crippen molar-refractivity contribution in [1.82, 2.24) is 0 Å². The zero-order valence-corrected chi connectivity index (χ0v) is 17.0. The standard InChI is InChI=1S/C27H19ClO/c1-27(2)22-11-4-3-7-17(22)19-9-5-10-20(26(19)27)18-8-6-12-23-25(18)21-14-13-16(28)15-24(21)29-23/h3-15H,1-2H3. The molecule has 140 valence electrons. The Kier molecular flexibility index (Phi) is 3.34. The quantitative estimate of drug-likeness (QED) is 0.279. The zero-order valence-electron chi connectivity index (χ0n) is 16.3. The summed E-state index contributed by atoms with van der Waals surface area (Å²) in [6, 6.07) is 27.7. The van der Waals surface area contributed by atoms with Crippen molar-refractivity contribution in [3.05, 3.63) is 95.0 Å². The second-order valence-corrected chi connectivity index (χ2v) is 8.76. The topological polar surface area (TPSA) is 13.1 Å². The number of fused-ring (bicyclic) bond motifs is 6. The molecular formula is C27H19ClO. The molecule has 0 atom stereocenters. The first-order valence-corrected chi connectivity index (χ1v) is 10.3. The van der Waals surface area contributed by atoms with Gasteiger partial charge in [0.05, 0.1) is 0 Å². The average molecular weight is 395 g/mol. The highest BCUT2D eigenvalue weighted by Crippen LogP contribution is 2.53. The number of benzene rings is 4. The maximum atomic E-state index is 6.21. The summed E-state index contributed by atoms with van der Waals surface area (Å²) in [5.74, 6) is 0. The molecular weight excluding hydrogens is 376 g/mol. The van der Waals surface area contributed by atoms with E-state index in [2.05, 4.69) is 74.5 Å². The van der Waals surface area contributed by atoms with E-state index in [1.54, 1.807) is 0 Å². The molecule has 0 saturated carbocycles. The average Bonchev–Trinajstić information content (AvgIpc) is 3.21. The molecule has 0 fully saturated rings. The van der Waals surface area contributed by atoms with Crippen LogP contribution in [0, 0.1) is 0 Å². The number of hydrogen-bond acceptors (Lipinski definition) is 1. The van der Waals surface area contributed by atoms with Crippen LogP contribution in [0.1, 0.15) is 25.0 Å². The smallest absolute Gasteiger partial charge is 0.136 e. The summed E-state index contributed by atoms with van der Waals surface area (Å²) in [5, 5.41) is 2.94. The Bertz CT molecular complexity index is 1440. The van der Waals surface area contributed by atoms with Crippen LogP contribution in [-0.4, -0.2) is 0 Å². The summed E-state index contributed by atoms with van der Waals surface area (Å²) in [5.41, 5.74) is 9.58. The Hall–Kier alpha value is -3.03. The highest BCUT2D eigenvalue weighted by Gasteiger charge is 2.37. The number of halogens is 1. The van der Waals surface area contributed by atoms with Gasteiger partial charge in [-0.05, 0) is 51.6 Å². The lowest BCUT2D eigenvalue weighted by Crippen LogP contribution is -2.16. The van der Waals surface area contributed by atoms with E-state index in [-0.39, 0.29) is 5.41 Å². The molecule has 1 aliphatic carbocycles. The van der Waals surface area contributed by atoms with Gasteiger partial charge in [0, 0.05) is 27.3 Å². The minimum absolute atomic E-state index is 0.0620. The van der Waals surface area contributed by atoms with Gasteiger partial charge in [-0.3, -0.25) is 0 Å². The van der Waals surface area contributed by atoms with Crippen LogP contribution in [0.4, 0.5) is 0 Å². The third kappa shape index (κ3) is 2.22. The van der Waals surface area contributed by atoms with E-state index in [0.717, 1.165) is 21.9 Å². The van der Waals surface area contributed by atoms with Crippen LogP contribution in [0.25, 0.3) is 44.2 Å². The first kappa shape index (κ1) is 16.9. The first-order chi connectivity index (χ1) is 14.1. The second-order valence-electron chi connectivity index (χ2n) is 8.32. The molecule has 1 aliphatic rings. The molecule has 0 saturated heterocycles. The fourth-order valence-corrected chi connectivity index (χ4v) is 5.26. The molecule has 2 heteroatoms. The van der Waals surface area contributed by atoms with Crippen LogP contribution in [0.2, 0.25) is 5.02 Å². The van der Waals surface area contributed by atoms with E-state index in [1.807, 2.05) is 18.2 Å². The maximum Gasteiger partial charge on any atom is 0.136 e. The molecule has 0 radical (unpaired) electrons. The van der Waals surface area contributed by atoms with Crippen molar-refractivity contribution in [1.29, 1.82) is 0 Å². The summed E-state index contributed by atoms with van der Waals surface area (Å²) >= 11 is 6.21. The van der Waals surface area contributed by atoms with E-state index in [1.165, 1.54) is 33.4 Å². The van der Waals surface area contributed by atoms with Crippen LogP contribution < -0.4 is 0 Å². The van der Waals surface area contributed by atoms with Crippen LogP contribution >= 0.6 is 11.6 Å². The number of furan rings is 1. The van der Waals surface area contributed by atoms with Crippen molar-refractivity contribution < 1.29 is 4.42 Å². The minimum Gasteiger partial charge on any atom is -0.456 e. The van der Waals surface area contributed by atoms with Crippen LogP contribution in [0.5, 0.6) is 0 Å². The minimum atomic E-state index is -0.0620. The Morgan fingerprint density at radius 1 is 0.690 bits per heavy atom. The summed E-state index contributed by atoms with van der Waals surface area (Å²) in [7, 11) is 0. The van der Waals surface area contributed by atoms with Gasteiger partial charge < -0.3 is 4.42 Å². The Morgan fingerprint density at radius 3 is 2.24 bits per heavy atom. The van der Waals surface area contributed by atoms with Crippen molar-refractivity contribution in [2.24, 2.45) is 0 Å². The van der Waals surface area contributed by atoms with Crippen LogP contribution in [0.15, 0.2) is 83.3 Å². The van der Waals surface area contributed by atoms with Gasteiger partial charge in [-0.1, -0.05) is 80.0 Å². The zero-order chi connectivity index (χ0) is 19.8. The van der Waals surface area contributed by atoms with Gasteiger partial charge in [-0.25, -0.2) is 0 Å². The van der Waals surface area contributed by atoms with Crippen molar-refractivity contribution in [2.75, 3.05) is 0 Å². The Morgan fingerprint density at radius 2 is 1.38 bits per heavy atom. The third-order valence-electron chi connectivity index (χ3n) is 6.33. The molecule has 1 nitrogen and oxygen atoms in total. The SMILES string of the molecule is CC1(C)c2ccccc2-c2cccc(-c3cccc4oc5cc(Cl)ccc5c34)c21. The molecule has 0 amide bonds. The van der Waals surface area contributed by atoms with Crippen molar-refractivity contribution >= 4 is 33.5 Å². The summed E-state index contributed by atoms with van der Waals surface area (Å²) in [4.78, 5) is 0. The normalized spacial score (nSPS) is 14.3. The van der Waals surface area contributed by atoms with Gasteiger partial charge in [-0.15, -0.1) is 0 Å². The number of hydrogen-bond donors (Lipinski definition) is 0. The molecule has 5 aromatic rings. The predicted molar refractivity (Wildman–Crippen MR) is 122 cm³/mol. The summed E-state index contributed by atoms with van der Waals surface area (Å²) in [6.45, 7) is 4.66. The number of rotatable bonds is 1. The van der Waals surface area contributed by atoms with E-state index < -0.39 is 0 Å². The van der Waals surface area contributed by atoms with E-state index in [0.29, 0.717) is 5.02 Å². The predicted octanol–water partition coefficient (Wildman–Crippen LogP) is 8.21. The van der Waals surface area contributed by atoms with Crippen LogP contribution in [-0.2, 0) is 5.41 Å². The highest BCUT2D eigenvalue weighted by molar-refractivity contribution is 6.31.